The van der Waals surface area contributed by atoms with E-state index in [1.54, 1.807) is 18.2 Å². The topological polar surface area (TPSA) is 54.3 Å². The molecule has 29 heavy (non-hydrogen) atoms. The fraction of sp³-hybridized carbons (Fsp3) is 0.348. The molecule has 1 saturated heterocycles. The minimum atomic E-state index is -0.0895. The average Bonchev–Trinajstić information content (AvgIpc) is 2.99. The van der Waals surface area contributed by atoms with Gasteiger partial charge in [0.2, 0.25) is 5.91 Å². The second-order valence-electron chi connectivity index (χ2n) is 7.15. The van der Waals surface area contributed by atoms with Gasteiger partial charge in [0.1, 0.15) is 5.75 Å². The number of methoxy groups -OCH3 is 1. The largest absolute Gasteiger partial charge is 0.497 e. The highest BCUT2D eigenvalue weighted by molar-refractivity contribution is 8.15. The average molecular weight is 410 g/mol. The van der Waals surface area contributed by atoms with Gasteiger partial charge in [-0.3, -0.25) is 9.69 Å². The molecule has 0 N–H and O–H groups in total. The van der Waals surface area contributed by atoms with Gasteiger partial charge in [-0.2, -0.15) is 5.10 Å². The Labute approximate surface area is 176 Å². The lowest BCUT2D eigenvalue weighted by molar-refractivity contribution is -0.126. The van der Waals surface area contributed by atoms with Crippen molar-refractivity contribution >= 4 is 29.1 Å². The zero-order valence-electron chi connectivity index (χ0n) is 17.4. The van der Waals surface area contributed by atoms with Crippen molar-refractivity contribution in [3.05, 3.63) is 64.7 Å². The number of aryl methyl sites for hydroxylation is 2. The van der Waals surface area contributed by atoms with Gasteiger partial charge in [0.15, 0.2) is 5.17 Å². The summed E-state index contributed by atoms with van der Waals surface area (Å²) in [5, 5.41) is 9.26. The van der Waals surface area contributed by atoms with Crippen LogP contribution in [0.15, 0.2) is 52.7 Å². The van der Waals surface area contributed by atoms with E-state index in [1.165, 1.54) is 17.3 Å². The van der Waals surface area contributed by atoms with E-state index in [4.69, 9.17) is 4.74 Å². The van der Waals surface area contributed by atoms with Crippen LogP contribution in [0, 0.1) is 13.8 Å². The van der Waals surface area contributed by atoms with Crippen LogP contribution in [0.25, 0.3) is 0 Å². The second-order valence-corrected chi connectivity index (χ2v) is 8.32. The Hall–Kier alpha value is -2.60. The molecule has 1 amide bonds. The lowest BCUT2D eigenvalue weighted by atomic mass is 10.1. The summed E-state index contributed by atoms with van der Waals surface area (Å²) >= 11 is 1.51. The van der Waals surface area contributed by atoms with Crippen LogP contribution in [0.4, 0.5) is 0 Å². The third-order valence-electron chi connectivity index (χ3n) is 4.84. The smallest absolute Gasteiger partial charge is 0.242 e. The van der Waals surface area contributed by atoms with Gasteiger partial charge in [-0.1, -0.05) is 61.0 Å². The number of benzene rings is 2. The summed E-state index contributed by atoms with van der Waals surface area (Å²) in [5.41, 5.74) is 4.43. The van der Waals surface area contributed by atoms with Crippen LogP contribution in [0.1, 0.15) is 42.0 Å². The molecule has 1 fully saturated rings. The van der Waals surface area contributed by atoms with Crippen LogP contribution in [0.3, 0.4) is 0 Å². The maximum Gasteiger partial charge on any atom is 0.242 e. The number of amidine groups is 1. The first-order chi connectivity index (χ1) is 14.0. The van der Waals surface area contributed by atoms with Gasteiger partial charge in [-0.25, -0.2) is 0 Å². The summed E-state index contributed by atoms with van der Waals surface area (Å²) in [5.74, 6) is 0.903. The van der Waals surface area contributed by atoms with E-state index in [0.29, 0.717) is 11.7 Å². The van der Waals surface area contributed by atoms with Crippen LogP contribution < -0.4 is 4.74 Å². The standard InChI is InChI=1S/C23H27N3O2S/c1-5-6-21-22(27)26(15-18-8-11-20(28-4)12-9-18)23(29-21)25-24-14-19-10-7-16(2)13-17(19)3/h7-14,21H,5-6,15H2,1-4H3/b24-14-,25-23-/t21-/m0/s1. The van der Waals surface area contributed by atoms with Crippen LogP contribution in [-0.4, -0.2) is 34.5 Å². The van der Waals surface area contributed by atoms with Crippen molar-refractivity contribution in [2.24, 2.45) is 10.2 Å². The molecule has 3 rings (SSSR count). The summed E-state index contributed by atoms with van der Waals surface area (Å²) in [4.78, 5) is 14.6. The second kappa shape index (κ2) is 9.74. The van der Waals surface area contributed by atoms with E-state index >= 15 is 0 Å². The zero-order valence-corrected chi connectivity index (χ0v) is 18.2. The number of nitrogens with zero attached hydrogens (tertiary/aromatic N) is 3. The molecule has 1 aliphatic rings. The molecule has 0 aliphatic carbocycles. The molecule has 0 bridgehead atoms. The van der Waals surface area contributed by atoms with E-state index in [0.717, 1.165) is 35.3 Å². The fourth-order valence-corrected chi connectivity index (χ4v) is 4.41. The zero-order chi connectivity index (χ0) is 20.8. The first-order valence-electron chi connectivity index (χ1n) is 9.81. The molecule has 1 heterocycles. The predicted octanol–water partition coefficient (Wildman–Crippen LogP) is 4.95. The van der Waals surface area contributed by atoms with Crippen LogP contribution in [0.5, 0.6) is 5.75 Å². The summed E-state index contributed by atoms with van der Waals surface area (Å²) in [6.07, 6.45) is 3.55. The molecular weight excluding hydrogens is 382 g/mol. The highest BCUT2D eigenvalue weighted by atomic mass is 32.2. The molecule has 2 aromatic carbocycles. The van der Waals surface area contributed by atoms with E-state index in [9.17, 15) is 4.79 Å². The van der Waals surface area contributed by atoms with Crippen molar-refractivity contribution in [2.75, 3.05) is 7.11 Å². The number of ether oxygens (including phenoxy) is 1. The van der Waals surface area contributed by atoms with Gasteiger partial charge in [0.05, 0.1) is 25.1 Å². The lowest BCUT2D eigenvalue weighted by Crippen LogP contribution is -2.31. The van der Waals surface area contributed by atoms with E-state index in [2.05, 4.69) is 43.1 Å². The van der Waals surface area contributed by atoms with Crippen LogP contribution in [-0.2, 0) is 11.3 Å². The molecule has 1 aliphatic heterocycles. The van der Waals surface area contributed by atoms with Crippen molar-refractivity contribution in [2.45, 2.75) is 45.4 Å². The van der Waals surface area contributed by atoms with Gasteiger partial charge in [-0.05, 0) is 49.1 Å². The number of carbonyl (C=O) groups excluding carboxylic acids is 1. The number of hydrogen-bond acceptors (Lipinski definition) is 5. The maximum absolute atomic E-state index is 12.9. The molecule has 5 nitrogen and oxygen atoms in total. The summed E-state index contributed by atoms with van der Waals surface area (Å²) in [6.45, 7) is 6.70. The molecule has 0 aromatic heterocycles. The molecule has 152 valence electrons. The van der Waals surface area contributed by atoms with Crippen molar-refractivity contribution < 1.29 is 9.53 Å². The minimum absolute atomic E-state index is 0.0895. The molecule has 2 aromatic rings. The summed E-state index contributed by atoms with van der Waals surface area (Å²) < 4.78 is 5.22. The SMILES string of the molecule is CCC[C@@H]1S/C(=N\N=C/c2ccc(C)cc2C)N(Cc2ccc(OC)cc2)C1=O. The van der Waals surface area contributed by atoms with Crippen molar-refractivity contribution in [3.8, 4) is 5.75 Å². The molecular formula is C23H27N3O2S. The molecule has 0 radical (unpaired) electrons. The molecule has 0 spiro atoms. The summed E-state index contributed by atoms with van der Waals surface area (Å²) in [7, 11) is 1.64. The first-order valence-corrected chi connectivity index (χ1v) is 10.7. The summed E-state index contributed by atoms with van der Waals surface area (Å²) in [6, 6.07) is 14.0. The molecule has 6 heteroatoms. The molecule has 1 atom stereocenters. The Morgan fingerprint density at radius 3 is 2.59 bits per heavy atom. The maximum atomic E-state index is 12.9. The van der Waals surface area contributed by atoms with Crippen molar-refractivity contribution in [1.82, 2.24) is 4.90 Å². The molecule has 0 saturated carbocycles. The van der Waals surface area contributed by atoms with E-state index in [1.807, 2.05) is 30.3 Å². The third kappa shape index (κ3) is 5.26. The van der Waals surface area contributed by atoms with Crippen molar-refractivity contribution in [3.63, 3.8) is 0 Å². The van der Waals surface area contributed by atoms with Crippen molar-refractivity contribution in [1.29, 1.82) is 0 Å². The van der Waals surface area contributed by atoms with Crippen LogP contribution in [0.2, 0.25) is 0 Å². The van der Waals surface area contributed by atoms with Gasteiger partial charge >= 0.3 is 0 Å². The lowest BCUT2D eigenvalue weighted by Gasteiger charge is -2.16. The quantitative estimate of drug-likeness (QED) is 0.480. The number of amides is 1. The monoisotopic (exact) mass is 409 g/mol. The number of hydrogen-bond donors (Lipinski definition) is 0. The predicted molar refractivity (Wildman–Crippen MR) is 121 cm³/mol. The Bertz CT molecular complexity index is 922. The minimum Gasteiger partial charge on any atom is -0.497 e. The Morgan fingerprint density at radius 2 is 1.93 bits per heavy atom. The van der Waals surface area contributed by atoms with Gasteiger partial charge < -0.3 is 4.74 Å². The van der Waals surface area contributed by atoms with Crippen LogP contribution >= 0.6 is 11.8 Å². The Balaban J connectivity index is 1.81. The highest BCUT2D eigenvalue weighted by Crippen LogP contribution is 2.32. The molecule has 0 unspecified atom stereocenters. The highest BCUT2D eigenvalue weighted by Gasteiger charge is 2.37. The van der Waals surface area contributed by atoms with Gasteiger partial charge in [-0.15, -0.1) is 5.10 Å². The first kappa shape index (κ1) is 21.1. The van der Waals surface area contributed by atoms with Gasteiger partial charge in [0.25, 0.3) is 0 Å². The van der Waals surface area contributed by atoms with E-state index < -0.39 is 0 Å². The third-order valence-corrected chi connectivity index (χ3v) is 6.07. The normalized spacial score (nSPS) is 18.2. The van der Waals surface area contributed by atoms with E-state index in [-0.39, 0.29) is 11.2 Å². The number of thioether (sulfide) groups is 1. The van der Waals surface area contributed by atoms with Gasteiger partial charge in [0, 0.05) is 0 Å². The Morgan fingerprint density at radius 1 is 1.17 bits per heavy atom. The number of rotatable bonds is 7. The number of carbonyl (C=O) groups is 1. The Kier molecular flexibility index (Phi) is 7.09. The fourth-order valence-electron chi connectivity index (χ4n) is 3.20.